The second-order valence-electron chi connectivity index (χ2n) is 2.60. The molecule has 0 aliphatic rings. The van der Waals surface area contributed by atoms with Gasteiger partial charge in [-0.1, -0.05) is 0 Å². The van der Waals surface area contributed by atoms with Crippen molar-refractivity contribution in [2.45, 2.75) is 6.92 Å². The van der Waals surface area contributed by atoms with E-state index in [1.807, 2.05) is 12.1 Å². The molecule has 0 fully saturated rings. The zero-order valence-electron chi connectivity index (χ0n) is 7.28. The molecule has 0 amide bonds. The molecule has 0 spiro atoms. The van der Waals surface area contributed by atoms with Crippen molar-refractivity contribution in [3.8, 4) is 0 Å². The monoisotopic (exact) mass is 274 g/mol. The van der Waals surface area contributed by atoms with E-state index in [0.717, 1.165) is 8.66 Å². The minimum Gasteiger partial charge on any atom is -0.475 e. The van der Waals surface area contributed by atoms with Gasteiger partial charge < -0.3 is 5.11 Å². The number of carboxylic acid groups (broad SMARTS) is 1. The number of rotatable bonds is 3. The zero-order valence-corrected chi connectivity index (χ0v) is 9.68. The fourth-order valence-corrected chi connectivity index (χ4v) is 2.28. The smallest absolute Gasteiger partial charge is 0.376 e. The molecule has 14 heavy (non-hydrogen) atoms. The summed E-state index contributed by atoms with van der Waals surface area (Å²) < 4.78 is 0.944. The van der Waals surface area contributed by atoms with E-state index in [1.165, 1.54) is 18.3 Å². The Morgan fingerprint density at radius 1 is 1.50 bits per heavy atom. The van der Waals surface area contributed by atoms with Crippen molar-refractivity contribution in [2.75, 3.05) is 0 Å². The van der Waals surface area contributed by atoms with Crippen LogP contribution in [0.3, 0.4) is 0 Å². The Bertz CT molecular complexity index is 406. The minimum absolute atomic E-state index is 0.229. The van der Waals surface area contributed by atoms with Crippen molar-refractivity contribution in [1.82, 2.24) is 0 Å². The third kappa shape index (κ3) is 2.78. The number of carbonyl (C=O) groups is 2. The van der Waals surface area contributed by atoms with Crippen molar-refractivity contribution in [1.29, 1.82) is 0 Å². The number of Topliss-reactive ketones (excluding diaryl/α,β-unsaturated/α-hetero) is 1. The Morgan fingerprint density at radius 3 is 2.57 bits per heavy atom. The summed E-state index contributed by atoms with van der Waals surface area (Å²) in [5.41, 5.74) is 0.229. The van der Waals surface area contributed by atoms with E-state index >= 15 is 0 Å². The summed E-state index contributed by atoms with van der Waals surface area (Å²) in [5.74, 6) is -2.29. The van der Waals surface area contributed by atoms with Crippen LogP contribution in [0.25, 0.3) is 6.08 Å². The van der Waals surface area contributed by atoms with E-state index in [1.54, 1.807) is 6.08 Å². The Morgan fingerprint density at radius 2 is 2.14 bits per heavy atom. The lowest BCUT2D eigenvalue weighted by Crippen LogP contribution is -2.12. The van der Waals surface area contributed by atoms with Gasteiger partial charge in [-0.15, -0.1) is 11.3 Å². The van der Waals surface area contributed by atoms with Crippen molar-refractivity contribution in [2.24, 2.45) is 0 Å². The van der Waals surface area contributed by atoms with Crippen LogP contribution in [0.1, 0.15) is 11.8 Å². The number of carbonyl (C=O) groups excluding carboxylic acids is 1. The van der Waals surface area contributed by atoms with Gasteiger partial charge in [0.05, 0.1) is 3.79 Å². The molecule has 0 saturated heterocycles. The summed E-state index contributed by atoms with van der Waals surface area (Å²) >= 11 is 4.72. The highest BCUT2D eigenvalue weighted by atomic mass is 79.9. The summed E-state index contributed by atoms with van der Waals surface area (Å²) in [7, 11) is 0. The quantitative estimate of drug-likeness (QED) is 0.681. The van der Waals surface area contributed by atoms with Gasteiger partial charge in [-0.05, 0) is 41.1 Å². The first-order valence-electron chi connectivity index (χ1n) is 3.72. The van der Waals surface area contributed by atoms with Crippen LogP contribution in [-0.4, -0.2) is 16.9 Å². The molecular formula is C9H7BrO3S. The summed E-state index contributed by atoms with van der Waals surface area (Å²) in [4.78, 5) is 22.2. The predicted molar refractivity (Wildman–Crippen MR) is 58.3 cm³/mol. The second kappa shape index (κ2) is 4.52. The lowest BCUT2D eigenvalue weighted by atomic mass is 10.2. The Labute approximate surface area is 93.2 Å². The summed E-state index contributed by atoms with van der Waals surface area (Å²) in [6.07, 6.45) is 1.56. The van der Waals surface area contributed by atoms with Crippen LogP contribution in [0.2, 0.25) is 0 Å². The molecule has 0 bridgehead atoms. The van der Waals surface area contributed by atoms with E-state index in [-0.39, 0.29) is 5.57 Å². The average molecular weight is 275 g/mol. The molecule has 3 nitrogen and oxygen atoms in total. The van der Waals surface area contributed by atoms with Gasteiger partial charge in [0.1, 0.15) is 0 Å². The third-order valence-electron chi connectivity index (χ3n) is 1.51. The highest BCUT2D eigenvalue weighted by Gasteiger charge is 2.13. The Balaban J connectivity index is 2.89. The van der Waals surface area contributed by atoms with Gasteiger partial charge >= 0.3 is 5.97 Å². The molecule has 1 heterocycles. The lowest BCUT2D eigenvalue weighted by Gasteiger charge is -1.92. The van der Waals surface area contributed by atoms with Crippen molar-refractivity contribution in [3.63, 3.8) is 0 Å². The molecule has 5 heteroatoms. The first-order valence-corrected chi connectivity index (χ1v) is 5.33. The molecule has 1 aromatic heterocycles. The number of ketones is 1. The van der Waals surface area contributed by atoms with Crippen molar-refractivity contribution < 1.29 is 14.7 Å². The summed E-state index contributed by atoms with van der Waals surface area (Å²) in [5, 5.41) is 8.44. The van der Waals surface area contributed by atoms with Gasteiger partial charge in [0.15, 0.2) is 0 Å². The Kier molecular flexibility index (Phi) is 3.60. The molecule has 0 aliphatic heterocycles. The SMILES string of the molecule is CC(=Cc1ccc(Br)s1)C(=O)C(=O)O. The first-order chi connectivity index (χ1) is 6.50. The summed E-state index contributed by atoms with van der Waals surface area (Å²) in [6, 6.07) is 3.66. The fraction of sp³-hybridized carbons (Fsp3) is 0.111. The fourth-order valence-electron chi connectivity index (χ4n) is 0.853. The summed E-state index contributed by atoms with van der Waals surface area (Å²) in [6.45, 7) is 1.49. The Hall–Kier alpha value is -0.940. The van der Waals surface area contributed by atoms with Crippen LogP contribution < -0.4 is 0 Å². The molecule has 0 atom stereocenters. The molecule has 0 radical (unpaired) electrons. The van der Waals surface area contributed by atoms with Crippen LogP contribution in [0, 0.1) is 0 Å². The van der Waals surface area contributed by atoms with Gasteiger partial charge in [-0.25, -0.2) is 4.79 Å². The topological polar surface area (TPSA) is 54.4 Å². The van der Waals surface area contributed by atoms with Gasteiger partial charge in [0, 0.05) is 10.5 Å². The largest absolute Gasteiger partial charge is 0.475 e. The number of hydrogen-bond acceptors (Lipinski definition) is 3. The van der Waals surface area contributed by atoms with Crippen LogP contribution >= 0.6 is 27.3 Å². The van der Waals surface area contributed by atoms with Crippen LogP contribution in [0.4, 0.5) is 0 Å². The van der Waals surface area contributed by atoms with Crippen LogP contribution in [0.5, 0.6) is 0 Å². The normalized spacial score (nSPS) is 11.4. The van der Waals surface area contributed by atoms with Gasteiger partial charge in [-0.2, -0.15) is 0 Å². The maximum atomic E-state index is 11.0. The molecular weight excluding hydrogens is 268 g/mol. The van der Waals surface area contributed by atoms with Gasteiger partial charge in [-0.3, -0.25) is 4.79 Å². The molecule has 0 unspecified atom stereocenters. The van der Waals surface area contributed by atoms with E-state index in [4.69, 9.17) is 5.11 Å². The maximum Gasteiger partial charge on any atom is 0.376 e. The molecule has 1 rings (SSSR count). The van der Waals surface area contributed by atoms with E-state index < -0.39 is 11.8 Å². The van der Waals surface area contributed by atoms with Crippen molar-refractivity contribution >= 4 is 45.1 Å². The van der Waals surface area contributed by atoms with Gasteiger partial charge in [0.25, 0.3) is 5.78 Å². The van der Waals surface area contributed by atoms with Gasteiger partial charge in [0.2, 0.25) is 0 Å². The van der Waals surface area contributed by atoms with E-state index in [9.17, 15) is 9.59 Å². The zero-order chi connectivity index (χ0) is 10.7. The van der Waals surface area contributed by atoms with E-state index in [2.05, 4.69) is 15.9 Å². The molecule has 1 N–H and O–H groups in total. The van der Waals surface area contributed by atoms with E-state index in [0.29, 0.717) is 0 Å². The number of aliphatic carboxylic acids is 1. The maximum absolute atomic E-state index is 11.0. The van der Waals surface area contributed by atoms with Crippen LogP contribution in [0.15, 0.2) is 21.5 Å². The molecule has 0 saturated carbocycles. The number of hydrogen-bond donors (Lipinski definition) is 1. The lowest BCUT2D eigenvalue weighted by molar-refractivity contribution is -0.147. The average Bonchev–Trinajstić information content (AvgIpc) is 2.49. The standard InChI is InChI=1S/C9H7BrO3S/c1-5(8(11)9(12)13)4-6-2-3-7(10)14-6/h2-4H,1H3,(H,12,13). The second-order valence-corrected chi connectivity index (χ2v) is 5.10. The van der Waals surface area contributed by atoms with Crippen LogP contribution in [-0.2, 0) is 9.59 Å². The first kappa shape index (κ1) is 11.1. The number of thiophene rings is 1. The molecule has 0 aliphatic carbocycles. The molecule has 1 aromatic rings. The highest BCUT2D eigenvalue weighted by Crippen LogP contribution is 2.24. The number of carboxylic acids is 1. The minimum atomic E-state index is -1.42. The predicted octanol–water partition coefficient (Wildman–Crippen LogP) is 2.57. The molecule has 74 valence electrons. The number of halogens is 1. The van der Waals surface area contributed by atoms with Crippen molar-refractivity contribution in [3.05, 3.63) is 26.4 Å². The third-order valence-corrected chi connectivity index (χ3v) is 3.08. The molecule has 0 aromatic carbocycles. The highest BCUT2D eigenvalue weighted by molar-refractivity contribution is 9.11.